The number of carbonyl (C=O) groups excluding carboxylic acids is 1. The molecule has 0 aliphatic heterocycles. The number of rotatable bonds is 9. The zero-order valence-corrected chi connectivity index (χ0v) is 15.3. The summed E-state index contributed by atoms with van der Waals surface area (Å²) in [5.41, 5.74) is 1.84. The Morgan fingerprint density at radius 1 is 1.19 bits per heavy atom. The van der Waals surface area contributed by atoms with Gasteiger partial charge in [0.2, 0.25) is 0 Å². The third kappa shape index (κ3) is 6.58. The SMILES string of the molecule is CC(Oc1ccc(C#N)cc1)C(=O)NCCCN(C)Cc1ccccc1. The van der Waals surface area contributed by atoms with E-state index in [0.29, 0.717) is 17.9 Å². The first-order valence-corrected chi connectivity index (χ1v) is 8.75. The number of ether oxygens (including phenoxy) is 1. The van der Waals surface area contributed by atoms with Gasteiger partial charge in [-0.15, -0.1) is 0 Å². The van der Waals surface area contributed by atoms with Crippen molar-refractivity contribution in [2.75, 3.05) is 20.1 Å². The molecule has 26 heavy (non-hydrogen) atoms. The van der Waals surface area contributed by atoms with Crippen LogP contribution in [0.4, 0.5) is 0 Å². The van der Waals surface area contributed by atoms with Crippen molar-refractivity contribution in [1.29, 1.82) is 5.26 Å². The Morgan fingerprint density at radius 2 is 1.88 bits per heavy atom. The van der Waals surface area contributed by atoms with Crippen molar-refractivity contribution in [1.82, 2.24) is 10.2 Å². The Kier molecular flexibility index (Phi) is 7.66. The van der Waals surface area contributed by atoms with Gasteiger partial charge in [0.25, 0.3) is 5.91 Å². The number of hydrogen-bond acceptors (Lipinski definition) is 4. The molecule has 2 rings (SSSR count). The lowest BCUT2D eigenvalue weighted by Crippen LogP contribution is -2.37. The van der Waals surface area contributed by atoms with Gasteiger partial charge < -0.3 is 15.0 Å². The normalized spacial score (nSPS) is 11.6. The molecule has 136 valence electrons. The van der Waals surface area contributed by atoms with Crippen LogP contribution in [0.25, 0.3) is 0 Å². The molecular weight excluding hydrogens is 326 g/mol. The first-order valence-electron chi connectivity index (χ1n) is 8.75. The molecule has 0 spiro atoms. The summed E-state index contributed by atoms with van der Waals surface area (Å²) in [6, 6.07) is 19.1. The van der Waals surface area contributed by atoms with Gasteiger partial charge in [-0.1, -0.05) is 30.3 Å². The molecule has 1 N–H and O–H groups in total. The first kappa shape index (κ1) is 19.5. The summed E-state index contributed by atoms with van der Waals surface area (Å²) in [7, 11) is 2.07. The fraction of sp³-hybridized carbons (Fsp3) is 0.333. The zero-order chi connectivity index (χ0) is 18.8. The molecule has 1 unspecified atom stereocenters. The van der Waals surface area contributed by atoms with Crippen molar-refractivity contribution in [2.24, 2.45) is 0 Å². The second-order valence-electron chi connectivity index (χ2n) is 6.26. The van der Waals surface area contributed by atoms with Gasteiger partial charge in [0.05, 0.1) is 11.6 Å². The molecule has 2 aromatic carbocycles. The van der Waals surface area contributed by atoms with Crippen molar-refractivity contribution in [3.05, 3.63) is 65.7 Å². The second-order valence-corrected chi connectivity index (χ2v) is 6.26. The maximum Gasteiger partial charge on any atom is 0.260 e. The molecule has 0 saturated carbocycles. The van der Waals surface area contributed by atoms with Gasteiger partial charge in [-0.05, 0) is 56.8 Å². The molecule has 5 nitrogen and oxygen atoms in total. The van der Waals surface area contributed by atoms with E-state index in [9.17, 15) is 4.79 Å². The Bertz CT molecular complexity index is 723. The van der Waals surface area contributed by atoms with Crippen molar-refractivity contribution in [2.45, 2.75) is 26.0 Å². The molecule has 0 bridgehead atoms. The van der Waals surface area contributed by atoms with E-state index in [4.69, 9.17) is 10.00 Å². The highest BCUT2D eigenvalue weighted by Gasteiger charge is 2.14. The van der Waals surface area contributed by atoms with Gasteiger partial charge in [0.1, 0.15) is 5.75 Å². The van der Waals surface area contributed by atoms with Gasteiger partial charge in [0.15, 0.2) is 6.10 Å². The molecule has 0 saturated heterocycles. The van der Waals surface area contributed by atoms with Crippen LogP contribution in [0.15, 0.2) is 54.6 Å². The van der Waals surface area contributed by atoms with Crippen LogP contribution in [0.5, 0.6) is 5.75 Å². The maximum absolute atomic E-state index is 12.1. The van der Waals surface area contributed by atoms with Crippen molar-refractivity contribution < 1.29 is 9.53 Å². The Hall–Kier alpha value is -2.84. The number of nitrogens with one attached hydrogen (secondary N) is 1. The Balaban J connectivity index is 1.65. The topological polar surface area (TPSA) is 65.4 Å². The molecule has 2 aromatic rings. The predicted octanol–water partition coefficient (Wildman–Crippen LogP) is 2.96. The molecule has 1 amide bonds. The summed E-state index contributed by atoms with van der Waals surface area (Å²) in [6.07, 6.45) is 0.295. The lowest BCUT2D eigenvalue weighted by atomic mass is 10.2. The molecular formula is C21H25N3O2. The smallest absolute Gasteiger partial charge is 0.260 e. The molecule has 0 aliphatic rings. The minimum atomic E-state index is -0.579. The van der Waals surface area contributed by atoms with Crippen molar-refractivity contribution in [3.63, 3.8) is 0 Å². The van der Waals surface area contributed by atoms with Crippen LogP contribution in [0.3, 0.4) is 0 Å². The molecule has 0 heterocycles. The fourth-order valence-electron chi connectivity index (χ4n) is 2.54. The fourth-order valence-corrected chi connectivity index (χ4v) is 2.54. The van der Waals surface area contributed by atoms with Crippen LogP contribution in [0.2, 0.25) is 0 Å². The van der Waals surface area contributed by atoms with Gasteiger partial charge in [0, 0.05) is 13.1 Å². The number of nitrogens with zero attached hydrogens (tertiary/aromatic N) is 2. The average molecular weight is 351 g/mol. The van der Waals surface area contributed by atoms with Gasteiger partial charge in [-0.3, -0.25) is 4.79 Å². The minimum absolute atomic E-state index is 0.139. The van der Waals surface area contributed by atoms with E-state index in [1.807, 2.05) is 18.2 Å². The summed E-state index contributed by atoms with van der Waals surface area (Å²) >= 11 is 0. The summed E-state index contributed by atoms with van der Waals surface area (Å²) < 4.78 is 5.60. The molecule has 0 radical (unpaired) electrons. The van der Waals surface area contributed by atoms with E-state index in [0.717, 1.165) is 19.5 Å². The van der Waals surface area contributed by atoms with E-state index in [1.165, 1.54) is 5.56 Å². The largest absolute Gasteiger partial charge is 0.481 e. The highest BCUT2D eigenvalue weighted by molar-refractivity contribution is 5.80. The second kappa shape index (κ2) is 10.2. The lowest BCUT2D eigenvalue weighted by Gasteiger charge is -2.18. The maximum atomic E-state index is 12.1. The first-order chi connectivity index (χ1) is 12.6. The number of nitriles is 1. The average Bonchev–Trinajstić information content (AvgIpc) is 2.66. The zero-order valence-electron chi connectivity index (χ0n) is 15.3. The Morgan fingerprint density at radius 3 is 2.54 bits per heavy atom. The monoisotopic (exact) mass is 351 g/mol. The summed E-state index contributed by atoms with van der Waals surface area (Å²) in [6.45, 7) is 4.13. The molecule has 0 fully saturated rings. The summed E-state index contributed by atoms with van der Waals surface area (Å²) in [5, 5.41) is 11.7. The predicted molar refractivity (Wildman–Crippen MR) is 102 cm³/mol. The van der Waals surface area contributed by atoms with Gasteiger partial charge in [-0.2, -0.15) is 5.26 Å². The molecule has 5 heteroatoms. The molecule has 0 aliphatic carbocycles. The van der Waals surface area contributed by atoms with Gasteiger partial charge >= 0.3 is 0 Å². The molecule has 0 aromatic heterocycles. The number of carbonyl (C=O) groups is 1. The Labute approximate surface area is 155 Å². The van der Waals surface area contributed by atoms with E-state index in [2.05, 4.69) is 35.5 Å². The summed E-state index contributed by atoms with van der Waals surface area (Å²) in [5.74, 6) is 0.439. The number of amides is 1. The highest BCUT2D eigenvalue weighted by Crippen LogP contribution is 2.13. The molecule has 1 atom stereocenters. The standard InChI is InChI=1S/C21H25N3O2/c1-17(26-20-11-9-18(15-22)10-12-20)21(25)23-13-6-14-24(2)16-19-7-4-3-5-8-19/h3-5,7-12,17H,6,13-14,16H2,1-2H3,(H,23,25). The van der Waals surface area contributed by atoms with Crippen molar-refractivity contribution >= 4 is 5.91 Å². The van der Waals surface area contributed by atoms with Crippen LogP contribution in [0.1, 0.15) is 24.5 Å². The van der Waals surface area contributed by atoms with Gasteiger partial charge in [-0.25, -0.2) is 0 Å². The third-order valence-electron chi connectivity index (χ3n) is 3.98. The van der Waals surface area contributed by atoms with Crippen LogP contribution >= 0.6 is 0 Å². The lowest BCUT2D eigenvalue weighted by molar-refractivity contribution is -0.127. The number of benzene rings is 2. The van der Waals surface area contributed by atoms with Crippen LogP contribution in [-0.4, -0.2) is 37.0 Å². The van der Waals surface area contributed by atoms with E-state index < -0.39 is 6.10 Å². The minimum Gasteiger partial charge on any atom is -0.481 e. The highest BCUT2D eigenvalue weighted by atomic mass is 16.5. The summed E-state index contributed by atoms with van der Waals surface area (Å²) in [4.78, 5) is 14.3. The van der Waals surface area contributed by atoms with E-state index >= 15 is 0 Å². The van der Waals surface area contributed by atoms with Crippen LogP contribution in [-0.2, 0) is 11.3 Å². The van der Waals surface area contributed by atoms with Crippen molar-refractivity contribution in [3.8, 4) is 11.8 Å². The third-order valence-corrected chi connectivity index (χ3v) is 3.98. The van der Waals surface area contributed by atoms with E-state index in [1.54, 1.807) is 31.2 Å². The quantitative estimate of drug-likeness (QED) is 0.706. The van der Waals surface area contributed by atoms with Crippen LogP contribution in [0, 0.1) is 11.3 Å². The number of hydrogen-bond donors (Lipinski definition) is 1. The van der Waals surface area contributed by atoms with E-state index in [-0.39, 0.29) is 5.91 Å². The van der Waals surface area contributed by atoms with Crippen LogP contribution < -0.4 is 10.1 Å².